The highest BCUT2D eigenvalue weighted by Crippen LogP contribution is 2.17. The van der Waals surface area contributed by atoms with E-state index in [1.807, 2.05) is 60.7 Å². The fourth-order valence-corrected chi connectivity index (χ4v) is 2.23. The SMILES string of the molecule is NC(=O)c1nn(-c2ccccc2)cc1NC(=O)OCc1ccccc1. The van der Waals surface area contributed by atoms with E-state index in [9.17, 15) is 9.59 Å². The fourth-order valence-electron chi connectivity index (χ4n) is 2.23. The van der Waals surface area contributed by atoms with Crippen LogP contribution in [0.2, 0.25) is 0 Å². The van der Waals surface area contributed by atoms with Gasteiger partial charge in [0.15, 0.2) is 5.69 Å². The molecule has 3 N–H and O–H groups in total. The zero-order valence-electron chi connectivity index (χ0n) is 13.3. The van der Waals surface area contributed by atoms with Crippen molar-refractivity contribution in [2.45, 2.75) is 6.61 Å². The number of primary amides is 1. The van der Waals surface area contributed by atoms with Crippen LogP contribution in [0.25, 0.3) is 5.69 Å². The molecule has 0 saturated heterocycles. The molecule has 0 radical (unpaired) electrons. The maximum absolute atomic E-state index is 12.0. The molecule has 0 saturated carbocycles. The highest BCUT2D eigenvalue weighted by atomic mass is 16.5. The molecule has 7 nitrogen and oxygen atoms in total. The van der Waals surface area contributed by atoms with Gasteiger partial charge in [-0.25, -0.2) is 9.48 Å². The highest BCUT2D eigenvalue weighted by Gasteiger charge is 2.17. The van der Waals surface area contributed by atoms with E-state index < -0.39 is 12.0 Å². The van der Waals surface area contributed by atoms with Crippen LogP contribution in [0.1, 0.15) is 16.1 Å². The van der Waals surface area contributed by atoms with Gasteiger partial charge in [0.25, 0.3) is 5.91 Å². The largest absolute Gasteiger partial charge is 0.444 e. The van der Waals surface area contributed by atoms with E-state index >= 15 is 0 Å². The molecule has 3 rings (SSSR count). The number of carbonyl (C=O) groups excluding carboxylic acids is 2. The minimum Gasteiger partial charge on any atom is -0.444 e. The van der Waals surface area contributed by atoms with Crippen LogP contribution in [0.15, 0.2) is 66.9 Å². The van der Waals surface area contributed by atoms with Crippen molar-refractivity contribution in [1.29, 1.82) is 0 Å². The van der Waals surface area contributed by atoms with Crippen molar-refractivity contribution in [3.05, 3.63) is 78.1 Å². The first-order chi connectivity index (χ1) is 12.1. The van der Waals surface area contributed by atoms with E-state index in [-0.39, 0.29) is 18.0 Å². The van der Waals surface area contributed by atoms with Gasteiger partial charge in [0.2, 0.25) is 0 Å². The van der Waals surface area contributed by atoms with Gasteiger partial charge < -0.3 is 10.5 Å². The Morgan fingerprint density at radius 2 is 1.68 bits per heavy atom. The lowest BCUT2D eigenvalue weighted by Gasteiger charge is -2.06. The number of para-hydroxylation sites is 1. The number of benzene rings is 2. The summed E-state index contributed by atoms with van der Waals surface area (Å²) in [6, 6.07) is 18.4. The molecule has 7 heteroatoms. The van der Waals surface area contributed by atoms with E-state index in [1.54, 1.807) is 0 Å². The summed E-state index contributed by atoms with van der Waals surface area (Å²) in [5.41, 5.74) is 7.07. The Balaban J connectivity index is 1.73. The number of amides is 2. The topological polar surface area (TPSA) is 99.2 Å². The van der Waals surface area contributed by atoms with E-state index in [0.29, 0.717) is 0 Å². The van der Waals surface area contributed by atoms with Gasteiger partial charge in [-0.05, 0) is 17.7 Å². The Labute approximate surface area is 144 Å². The van der Waals surface area contributed by atoms with Gasteiger partial charge in [-0.15, -0.1) is 0 Å². The Kier molecular flexibility index (Phi) is 4.75. The van der Waals surface area contributed by atoms with Gasteiger partial charge in [-0.1, -0.05) is 48.5 Å². The minimum absolute atomic E-state index is 0.0412. The number of rotatable bonds is 5. The number of hydrogen-bond acceptors (Lipinski definition) is 4. The van der Waals surface area contributed by atoms with Crippen molar-refractivity contribution in [2.75, 3.05) is 5.32 Å². The minimum atomic E-state index is -0.743. The average Bonchev–Trinajstić information content (AvgIpc) is 3.06. The predicted octanol–water partition coefficient (Wildman–Crippen LogP) is 2.72. The van der Waals surface area contributed by atoms with Crippen LogP contribution in [0.3, 0.4) is 0 Å². The monoisotopic (exact) mass is 336 g/mol. The molecule has 0 bridgehead atoms. The summed E-state index contributed by atoms with van der Waals surface area (Å²) in [6.07, 6.45) is 0.818. The number of aromatic nitrogens is 2. The zero-order valence-corrected chi connectivity index (χ0v) is 13.3. The third-order valence-corrected chi connectivity index (χ3v) is 3.42. The van der Waals surface area contributed by atoms with Crippen molar-refractivity contribution in [3.8, 4) is 5.69 Å². The maximum Gasteiger partial charge on any atom is 0.412 e. The molecule has 1 heterocycles. The van der Waals surface area contributed by atoms with Gasteiger partial charge in [-0.3, -0.25) is 10.1 Å². The van der Waals surface area contributed by atoms with Gasteiger partial charge in [-0.2, -0.15) is 5.10 Å². The first kappa shape index (κ1) is 16.3. The van der Waals surface area contributed by atoms with Gasteiger partial charge in [0.05, 0.1) is 17.6 Å². The quantitative estimate of drug-likeness (QED) is 0.748. The number of nitrogens with zero attached hydrogens (tertiary/aromatic N) is 2. The van der Waals surface area contributed by atoms with E-state index in [4.69, 9.17) is 10.5 Å². The standard InChI is InChI=1S/C18H16N4O3/c19-17(23)16-15(11-22(21-16)14-9-5-2-6-10-14)20-18(24)25-12-13-7-3-1-4-8-13/h1-11H,12H2,(H2,19,23)(H,20,24). The van der Waals surface area contributed by atoms with Crippen LogP contribution in [0, 0.1) is 0 Å². The number of nitrogens with two attached hydrogens (primary N) is 1. The molecule has 0 spiro atoms. The number of carbonyl (C=O) groups is 2. The van der Waals surface area contributed by atoms with Crippen molar-refractivity contribution in [1.82, 2.24) is 9.78 Å². The number of anilines is 1. The summed E-state index contributed by atoms with van der Waals surface area (Å²) in [7, 11) is 0. The lowest BCUT2D eigenvalue weighted by molar-refractivity contribution is 0.0996. The summed E-state index contributed by atoms with van der Waals surface area (Å²) >= 11 is 0. The van der Waals surface area contributed by atoms with E-state index in [0.717, 1.165) is 11.3 Å². The molecule has 0 fully saturated rings. The Morgan fingerprint density at radius 3 is 2.32 bits per heavy atom. The summed E-state index contributed by atoms with van der Waals surface area (Å²) in [6.45, 7) is 0.116. The molecule has 25 heavy (non-hydrogen) atoms. The van der Waals surface area contributed by atoms with Crippen molar-refractivity contribution in [2.24, 2.45) is 5.73 Å². The van der Waals surface area contributed by atoms with Gasteiger partial charge >= 0.3 is 6.09 Å². The molecule has 0 atom stereocenters. The maximum atomic E-state index is 12.0. The van der Waals surface area contributed by atoms with E-state index in [2.05, 4.69) is 10.4 Å². The first-order valence-corrected chi connectivity index (χ1v) is 7.56. The van der Waals surface area contributed by atoms with Gasteiger partial charge in [0, 0.05) is 0 Å². The molecule has 0 unspecified atom stereocenters. The van der Waals surface area contributed by atoms with E-state index in [1.165, 1.54) is 10.9 Å². The summed E-state index contributed by atoms with van der Waals surface area (Å²) in [5, 5.41) is 6.63. The second-order valence-electron chi connectivity index (χ2n) is 5.22. The number of hydrogen-bond donors (Lipinski definition) is 2. The Hall–Kier alpha value is -3.61. The molecule has 2 aromatic carbocycles. The second-order valence-corrected chi connectivity index (χ2v) is 5.22. The fraction of sp³-hybridized carbons (Fsp3) is 0.0556. The van der Waals surface area contributed by atoms with Crippen LogP contribution in [0.4, 0.5) is 10.5 Å². The molecule has 0 aliphatic carbocycles. The molecular weight excluding hydrogens is 320 g/mol. The molecular formula is C18H16N4O3. The van der Waals surface area contributed by atoms with Crippen molar-refractivity contribution in [3.63, 3.8) is 0 Å². The van der Waals surface area contributed by atoms with Crippen LogP contribution < -0.4 is 11.1 Å². The molecule has 3 aromatic rings. The Morgan fingerprint density at radius 1 is 1.04 bits per heavy atom. The highest BCUT2D eigenvalue weighted by molar-refractivity contribution is 6.00. The van der Waals surface area contributed by atoms with Crippen molar-refractivity contribution >= 4 is 17.7 Å². The molecule has 0 aliphatic heterocycles. The zero-order chi connectivity index (χ0) is 17.6. The van der Waals surface area contributed by atoms with Gasteiger partial charge in [0.1, 0.15) is 6.61 Å². The molecule has 1 aromatic heterocycles. The normalized spacial score (nSPS) is 10.2. The second kappa shape index (κ2) is 7.31. The lowest BCUT2D eigenvalue weighted by Crippen LogP contribution is -2.18. The summed E-state index contributed by atoms with van der Waals surface area (Å²) in [4.78, 5) is 23.6. The molecule has 126 valence electrons. The molecule has 2 amide bonds. The predicted molar refractivity (Wildman–Crippen MR) is 92.3 cm³/mol. The van der Waals surface area contributed by atoms with Crippen LogP contribution in [0.5, 0.6) is 0 Å². The smallest absolute Gasteiger partial charge is 0.412 e. The third kappa shape index (κ3) is 4.03. The van der Waals surface area contributed by atoms with Crippen LogP contribution >= 0.6 is 0 Å². The number of nitrogens with one attached hydrogen (secondary N) is 1. The number of ether oxygens (including phenoxy) is 1. The van der Waals surface area contributed by atoms with Crippen molar-refractivity contribution < 1.29 is 14.3 Å². The van der Waals surface area contributed by atoms with Crippen LogP contribution in [-0.4, -0.2) is 21.8 Å². The summed E-state index contributed by atoms with van der Waals surface area (Å²) < 4.78 is 6.61. The molecule has 0 aliphatic rings. The third-order valence-electron chi connectivity index (χ3n) is 3.42. The Bertz CT molecular complexity index is 876. The summed E-state index contributed by atoms with van der Waals surface area (Å²) in [5.74, 6) is -0.743. The van der Waals surface area contributed by atoms with Crippen LogP contribution in [-0.2, 0) is 11.3 Å². The average molecular weight is 336 g/mol. The first-order valence-electron chi connectivity index (χ1n) is 7.56. The lowest BCUT2D eigenvalue weighted by atomic mass is 10.2.